The van der Waals surface area contributed by atoms with Crippen LogP contribution in [0.25, 0.3) is 0 Å². The third-order valence-electron chi connectivity index (χ3n) is 4.52. The van der Waals surface area contributed by atoms with Gasteiger partial charge in [0.15, 0.2) is 5.69 Å². The molecule has 1 amide bonds. The number of nitrogens with one attached hydrogen (secondary N) is 1. The number of alkyl carbamates (subject to hydrolysis) is 1. The van der Waals surface area contributed by atoms with E-state index in [1.165, 1.54) is 7.11 Å². The Hall–Kier alpha value is -1.83. The van der Waals surface area contributed by atoms with Crippen LogP contribution >= 0.6 is 15.9 Å². The molecule has 2 heterocycles. The number of ether oxygens (including phenoxy) is 2. The zero-order valence-electron chi connectivity index (χ0n) is 16.8. The van der Waals surface area contributed by atoms with E-state index in [-0.39, 0.29) is 5.54 Å². The predicted molar refractivity (Wildman–Crippen MR) is 107 cm³/mol. The maximum Gasteiger partial charge on any atom is 0.408 e. The van der Waals surface area contributed by atoms with E-state index in [0.717, 1.165) is 24.1 Å². The minimum atomic E-state index is -0.531. The number of rotatable bonds is 3. The third-order valence-corrected chi connectivity index (χ3v) is 5.32. The van der Waals surface area contributed by atoms with Crippen LogP contribution in [0.1, 0.15) is 56.6 Å². The SMILES string of the molecule is COC(=O)c1nc(Br)c(C)cc1N1CCC(C)(NC(=O)OC(C)(C)C)CC1. The van der Waals surface area contributed by atoms with E-state index in [0.29, 0.717) is 23.4 Å². The second-order valence-corrected chi connectivity index (χ2v) is 8.88. The fourth-order valence-corrected chi connectivity index (χ4v) is 3.27. The highest BCUT2D eigenvalue weighted by Crippen LogP contribution is 2.31. The molecular weight excluding hydrogens is 414 g/mol. The van der Waals surface area contributed by atoms with Gasteiger partial charge in [-0.25, -0.2) is 14.6 Å². The van der Waals surface area contributed by atoms with Gasteiger partial charge >= 0.3 is 12.1 Å². The molecule has 1 aliphatic heterocycles. The highest BCUT2D eigenvalue weighted by Gasteiger charge is 2.34. The van der Waals surface area contributed by atoms with Crippen molar-refractivity contribution in [2.75, 3.05) is 25.1 Å². The summed E-state index contributed by atoms with van der Waals surface area (Å²) in [5.41, 5.74) is 1.10. The lowest BCUT2D eigenvalue weighted by atomic mass is 9.89. The lowest BCUT2D eigenvalue weighted by Crippen LogP contribution is -2.54. The molecule has 150 valence electrons. The van der Waals surface area contributed by atoms with Gasteiger partial charge in [0.2, 0.25) is 0 Å². The normalized spacial score (nSPS) is 16.6. The van der Waals surface area contributed by atoms with Crippen molar-refractivity contribution >= 4 is 33.7 Å². The molecule has 7 nitrogen and oxygen atoms in total. The Bertz CT molecular complexity index is 722. The summed E-state index contributed by atoms with van der Waals surface area (Å²) < 4.78 is 10.9. The highest BCUT2D eigenvalue weighted by molar-refractivity contribution is 9.10. The van der Waals surface area contributed by atoms with Gasteiger partial charge in [0.05, 0.1) is 12.8 Å². The maximum atomic E-state index is 12.1. The zero-order chi connectivity index (χ0) is 20.4. The van der Waals surface area contributed by atoms with Crippen molar-refractivity contribution in [2.24, 2.45) is 0 Å². The Morgan fingerprint density at radius 2 is 1.89 bits per heavy atom. The van der Waals surface area contributed by atoms with Gasteiger partial charge in [0, 0.05) is 18.6 Å². The molecule has 1 aromatic heterocycles. The summed E-state index contributed by atoms with van der Waals surface area (Å²) in [4.78, 5) is 30.7. The van der Waals surface area contributed by atoms with Crippen LogP contribution in [0.3, 0.4) is 0 Å². The van der Waals surface area contributed by atoms with Crippen molar-refractivity contribution in [1.82, 2.24) is 10.3 Å². The number of carbonyl (C=O) groups excluding carboxylic acids is 2. The lowest BCUT2D eigenvalue weighted by molar-refractivity contribution is 0.0448. The van der Waals surface area contributed by atoms with Gasteiger partial charge < -0.3 is 19.7 Å². The number of amides is 1. The topological polar surface area (TPSA) is 80.8 Å². The number of piperidine rings is 1. The Morgan fingerprint density at radius 3 is 2.41 bits per heavy atom. The van der Waals surface area contributed by atoms with E-state index in [1.54, 1.807) is 0 Å². The van der Waals surface area contributed by atoms with Gasteiger partial charge in [-0.1, -0.05) is 0 Å². The molecule has 1 fully saturated rings. The number of nitrogens with zero attached hydrogens (tertiary/aromatic N) is 2. The van der Waals surface area contributed by atoms with Crippen molar-refractivity contribution < 1.29 is 19.1 Å². The first-order chi connectivity index (χ1) is 12.4. The largest absolute Gasteiger partial charge is 0.464 e. The zero-order valence-corrected chi connectivity index (χ0v) is 18.4. The second kappa shape index (κ2) is 8.04. The summed E-state index contributed by atoms with van der Waals surface area (Å²) in [6.45, 7) is 10.8. The van der Waals surface area contributed by atoms with Gasteiger partial charge in [-0.3, -0.25) is 0 Å². The maximum absolute atomic E-state index is 12.1. The van der Waals surface area contributed by atoms with Gasteiger partial charge in [0.25, 0.3) is 0 Å². The van der Waals surface area contributed by atoms with Crippen molar-refractivity contribution in [2.45, 2.75) is 58.6 Å². The first kappa shape index (κ1) is 21.5. The van der Waals surface area contributed by atoms with E-state index in [9.17, 15) is 9.59 Å². The van der Waals surface area contributed by atoms with Crippen LogP contribution in [0.4, 0.5) is 10.5 Å². The molecule has 0 atom stereocenters. The highest BCUT2D eigenvalue weighted by atomic mass is 79.9. The number of aromatic nitrogens is 1. The number of aryl methyl sites for hydroxylation is 1. The first-order valence-corrected chi connectivity index (χ1v) is 9.75. The number of halogens is 1. The molecule has 0 aliphatic carbocycles. The molecule has 0 aromatic carbocycles. The average Bonchev–Trinajstić information content (AvgIpc) is 2.55. The van der Waals surface area contributed by atoms with E-state index in [2.05, 4.69) is 31.1 Å². The van der Waals surface area contributed by atoms with Gasteiger partial charge in [0.1, 0.15) is 10.2 Å². The molecule has 1 aliphatic rings. The van der Waals surface area contributed by atoms with Crippen molar-refractivity contribution in [3.05, 3.63) is 21.9 Å². The number of hydrogen-bond donors (Lipinski definition) is 1. The summed E-state index contributed by atoms with van der Waals surface area (Å²) in [6, 6.07) is 1.94. The van der Waals surface area contributed by atoms with Gasteiger partial charge in [-0.15, -0.1) is 0 Å². The molecule has 1 aromatic rings. The van der Waals surface area contributed by atoms with Gasteiger partial charge in [-0.2, -0.15) is 0 Å². The number of anilines is 1. The average molecular weight is 442 g/mol. The molecular formula is C19H28BrN3O4. The molecule has 8 heteroatoms. The van der Waals surface area contributed by atoms with E-state index in [4.69, 9.17) is 9.47 Å². The third kappa shape index (κ3) is 5.57. The predicted octanol–water partition coefficient (Wildman–Crippen LogP) is 3.82. The fraction of sp³-hybridized carbons (Fsp3) is 0.632. The molecule has 0 bridgehead atoms. The molecule has 0 radical (unpaired) electrons. The molecule has 0 unspecified atom stereocenters. The second-order valence-electron chi connectivity index (χ2n) is 8.13. The number of esters is 1. The Labute approximate surface area is 168 Å². The number of hydrogen-bond acceptors (Lipinski definition) is 6. The van der Waals surface area contributed by atoms with Crippen LogP contribution in [0.15, 0.2) is 10.7 Å². The molecule has 1 N–H and O–H groups in total. The molecule has 0 saturated carbocycles. The lowest BCUT2D eigenvalue weighted by Gasteiger charge is -2.41. The number of carbonyl (C=O) groups is 2. The summed E-state index contributed by atoms with van der Waals surface area (Å²) in [5, 5.41) is 2.99. The molecule has 27 heavy (non-hydrogen) atoms. The summed E-state index contributed by atoms with van der Waals surface area (Å²) in [5.74, 6) is -0.467. The van der Waals surface area contributed by atoms with E-state index in [1.807, 2.05) is 40.7 Å². The van der Waals surface area contributed by atoms with Crippen molar-refractivity contribution in [3.63, 3.8) is 0 Å². The van der Waals surface area contributed by atoms with Gasteiger partial charge in [-0.05, 0) is 75.0 Å². The van der Waals surface area contributed by atoms with Crippen LogP contribution in [-0.4, -0.2) is 48.4 Å². The van der Waals surface area contributed by atoms with Crippen molar-refractivity contribution in [1.29, 1.82) is 0 Å². The minimum absolute atomic E-state index is 0.290. The fourth-order valence-electron chi connectivity index (χ4n) is 2.98. The van der Waals surface area contributed by atoms with Crippen molar-refractivity contribution in [3.8, 4) is 0 Å². The Kier molecular flexibility index (Phi) is 6.39. The van der Waals surface area contributed by atoms with E-state index >= 15 is 0 Å². The summed E-state index contributed by atoms with van der Waals surface area (Å²) >= 11 is 3.37. The molecule has 1 saturated heterocycles. The monoisotopic (exact) mass is 441 g/mol. The standard InChI is InChI=1S/C19H28BrN3O4/c1-12-11-13(14(16(24)26-6)21-15(12)20)23-9-7-19(5,8-10-23)22-17(25)27-18(2,3)4/h11H,7-10H2,1-6H3,(H,22,25). The molecule has 2 rings (SSSR count). The van der Waals surface area contributed by atoms with Crippen LogP contribution in [0.5, 0.6) is 0 Å². The quantitative estimate of drug-likeness (QED) is 0.566. The smallest absolute Gasteiger partial charge is 0.408 e. The minimum Gasteiger partial charge on any atom is -0.464 e. The van der Waals surface area contributed by atoms with Crippen LogP contribution in [0, 0.1) is 6.92 Å². The summed E-state index contributed by atoms with van der Waals surface area (Å²) in [6.07, 6.45) is 1.04. The summed E-state index contributed by atoms with van der Waals surface area (Å²) in [7, 11) is 1.35. The van der Waals surface area contributed by atoms with Crippen LogP contribution in [-0.2, 0) is 9.47 Å². The molecule has 0 spiro atoms. The van der Waals surface area contributed by atoms with E-state index < -0.39 is 17.7 Å². The Morgan fingerprint density at radius 1 is 1.30 bits per heavy atom. The Balaban J connectivity index is 2.12. The van der Waals surface area contributed by atoms with Crippen LogP contribution < -0.4 is 10.2 Å². The van der Waals surface area contributed by atoms with Crippen LogP contribution in [0.2, 0.25) is 0 Å². The number of pyridine rings is 1. The number of methoxy groups -OCH3 is 1. The first-order valence-electron chi connectivity index (χ1n) is 8.96.